The van der Waals surface area contributed by atoms with Gasteiger partial charge < -0.3 is 9.57 Å². The van der Waals surface area contributed by atoms with Crippen LogP contribution < -0.4 is 4.74 Å². The van der Waals surface area contributed by atoms with Gasteiger partial charge in [-0.3, -0.25) is 0 Å². The standard InChI is InChI=1S/C10H10FNO2/c1-12-14-10-4-5-13-9-3-2-7(11)6-8(9)10/h2-3,6,10H,1,4-5H2. The Bertz CT molecular complexity index is 354. The van der Waals surface area contributed by atoms with E-state index in [4.69, 9.17) is 9.57 Å². The third kappa shape index (κ3) is 1.55. The second-order valence-corrected chi connectivity index (χ2v) is 3.04. The molecule has 1 atom stereocenters. The van der Waals surface area contributed by atoms with Crippen molar-refractivity contribution in [1.82, 2.24) is 0 Å². The van der Waals surface area contributed by atoms with Crippen LogP contribution >= 0.6 is 0 Å². The molecule has 0 saturated heterocycles. The number of rotatable bonds is 2. The fourth-order valence-electron chi connectivity index (χ4n) is 1.53. The van der Waals surface area contributed by atoms with Gasteiger partial charge in [-0.1, -0.05) is 0 Å². The minimum absolute atomic E-state index is 0.244. The molecule has 0 amide bonds. The van der Waals surface area contributed by atoms with E-state index in [1.807, 2.05) is 0 Å². The van der Waals surface area contributed by atoms with Gasteiger partial charge in [0.2, 0.25) is 0 Å². The van der Waals surface area contributed by atoms with Crippen molar-refractivity contribution in [2.45, 2.75) is 12.5 Å². The summed E-state index contributed by atoms with van der Waals surface area (Å²) in [5, 5.41) is 3.36. The number of fused-ring (bicyclic) bond motifs is 1. The lowest BCUT2D eigenvalue weighted by Crippen LogP contribution is -2.15. The average molecular weight is 195 g/mol. The highest BCUT2D eigenvalue weighted by atomic mass is 19.1. The van der Waals surface area contributed by atoms with Crippen LogP contribution in [-0.2, 0) is 4.84 Å². The Morgan fingerprint density at radius 2 is 2.43 bits per heavy atom. The summed E-state index contributed by atoms with van der Waals surface area (Å²) in [4.78, 5) is 5.03. The molecule has 1 aliphatic heterocycles. The predicted octanol–water partition coefficient (Wildman–Crippen LogP) is 2.28. The summed E-state index contributed by atoms with van der Waals surface area (Å²) >= 11 is 0. The summed E-state index contributed by atoms with van der Waals surface area (Å²) in [7, 11) is 0. The molecule has 0 N–H and O–H groups in total. The number of benzene rings is 1. The fraction of sp³-hybridized carbons (Fsp3) is 0.300. The maximum Gasteiger partial charge on any atom is 0.159 e. The largest absolute Gasteiger partial charge is 0.493 e. The Kier molecular flexibility index (Phi) is 2.35. The lowest BCUT2D eigenvalue weighted by molar-refractivity contribution is 0.0295. The first-order chi connectivity index (χ1) is 6.81. The normalized spacial score (nSPS) is 19.4. The van der Waals surface area contributed by atoms with Gasteiger partial charge >= 0.3 is 0 Å². The molecule has 74 valence electrons. The van der Waals surface area contributed by atoms with E-state index in [-0.39, 0.29) is 11.9 Å². The van der Waals surface area contributed by atoms with Gasteiger partial charge in [0.05, 0.1) is 6.61 Å². The topological polar surface area (TPSA) is 30.8 Å². The van der Waals surface area contributed by atoms with Crippen molar-refractivity contribution in [3.05, 3.63) is 29.6 Å². The fourth-order valence-corrected chi connectivity index (χ4v) is 1.53. The van der Waals surface area contributed by atoms with Gasteiger partial charge in [-0.15, -0.1) is 5.16 Å². The van der Waals surface area contributed by atoms with Gasteiger partial charge in [0, 0.05) is 18.7 Å². The molecular weight excluding hydrogens is 185 g/mol. The Morgan fingerprint density at radius 3 is 3.21 bits per heavy atom. The molecule has 0 radical (unpaired) electrons. The molecule has 1 aromatic rings. The number of hydrogen-bond donors (Lipinski definition) is 0. The first kappa shape index (κ1) is 8.99. The van der Waals surface area contributed by atoms with Gasteiger partial charge in [0.15, 0.2) is 6.10 Å². The van der Waals surface area contributed by atoms with E-state index in [2.05, 4.69) is 11.9 Å². The monoisotopic (exact) mass is 195 g/mol. The van der Waals surface area contributed by atoms with E-state index in [0.717, 1.165) is 0 Å². The number of hydrogen-bond acceptors (Lipinski definition) is 3. The molecule has 0 fully saturated rings. The van der Waals surface area contributed by atoms with Gasteiger partial charge in [0.25, 0.3) is 0 Å². The molecule has 14 heavy (non-hydrogen) atoms. The zero-order chi connectivity index (χ0) is 9.97. The average Bonchev–Trinajstić information content (AvgIpc) is 2.19. The van der Waals surface area contributed by atoms with Gasteiger partial charge in [-0.05, 0) is 18.2 Å². The van der Waals surface area contributed by atoms with E-state index >= 15 is 0 Å². The van der Waals surface area contributed by atoms with Crippen molar-refractivity contribution >= 4 is 6.72 Å². The van der Waals surface area contributed by atoms with Crippen molar-refractivity contribution in [2.75, 3.05) is 6.61 Å². The van der Waals surface area contributed by atoms with Crippen molar-refractivity contribution < 1.29 is 14.0 Å². The molecule has 1 aliphatic rings. The summed E-state index contributed by atoms with van der Waals surface area (Å²) < 4.78 is 18.3. The van der Waals surface area contributed by atoms with E-state index in [1.54, 1.807) is 6.07 Å². The van der Waals surface area contributed by atoms with Gasteiger partial charge in [-0.25, -0.2) is 4.39 Å². The van der Waals surface area contributed by atoms with Gasteiger partial charge in [0.1, 0.15) is 11.6 Å². The Balaban J connectivity index is 2.36. The van der Waals surface area contributed by atoms with E-state index in [1.165, 1.54) is 12.1 Å². The molecule has 0 saturated carbocycles. The molecule has 4 heteroatoms. The smallest absolute Gasteiger partial charge is 0.159 e. The van der Waals surface area contributed by atoms with E-state index in [9.17, 15) is 4.39 Å². The first-order valence-electron chi connectivity index (χ1n) is 4.35. The minimum atomic E-state index is -0.299. The second kappa shape index (κ2) is 3.65. The minimum Gasteiger partial charge on any atom is -0.493 e. The van der Waals surface area contributed by atoms with Crippen molar-refractivity contribution in [2.24, 2.45) is 5.16 Å². The molecule has 0 aliphatic carbocycles. The zero-order valence-corrected chi connectivity index (χ0v) is 7.57. The van der Waals surface area contributed by atoms with Crippen LogP contribution in [0.25, 0.3) is 0 Å². The van der Waals surface area contributed by atoms with Crippen molar-refractivity contribution in [1.29, 1.82) is 0 Å². The SMILES string of the molecule is C=NOC1CCOc2ccc(F)cc21. The molecule has 2 rings (SSSR count). The lowest BCUT2D eigenvalue weighted by atomic mass is 10.0. The van der Waals surface area contributed by atoms with Crippen LogP contribution in [0.3, 0.4) is 0 Å². The Morgan fingerprint density at radius 1 is 1.57 bits per heavy atom. The highest BCUT2D eigenvalue weighted by Crippen LogP contribution is 2.34. The lowest BCUT2D eigenvalue weighted by Gasteiger charge is -2.23. The Labute approximate surface area is 81.1 Å². The van der Waals surface area contributed by atoms with E-state index in [0.29, 0.717) is 24.3 Å². The summed E-state index contributed by atoms with van der Waals surface area (Å²) in [6.07, 6.45) is 0.419. The second-order valence-electron chi connectivity index (χ2n) is 3.04. The summed E-state index contributed by atoms with van der Waals surface area (Å²) in [5.74, 6) is 0.359. The van der Waals surface area contributed by atoms with Gasteiger partial charge in [-0.2, -0.15) is 0 Å². The molecule has 0 bridgehead atoms. The number of oxime groups is 1. The summed E-state index contributed by atoms with van der Waals surface area (Å²) in [6, 6.07) is 4.37. The van der Waals surface area contributed by atoms with Crippen LogP contribution in [0.4, 0.5) is 4.39 Å². The molecule has 1 unspecified atom stereocenters. The summed E-state index contributed by atoms with van der Waals surface area (Å²) in [6.45, 7) is 3.80. The third-order valence-electron chi connectivity index (χ3n) is 2.16. The number of nitrogens with zero attached hydrogens (tertiary/aromatic N) is 1. The molecule has 0 spiro atoms. The van der Waals surface area contributed by atoms with Crippen LogP contribution in [0.15, 0.2) is 23.4 Å². The maximum absolute atomic E-state index is 13.0. The highest BCUT2D eigenvalue weighted by Gasteiger charge is 2.23. The highest BCUT2D eigenvalue weighted by molar-refractivity contribution is 5.37. The van der Waals surface area contributed by atoms with E-state index < -0.39 is 0 Å². The molecule has 0 aromatic heterocycles. The third-order valence-corrected chi connectivity index (χ3v) is 2.16. The predicted molar refractivity (Wildman–Crippen MR) is 49.9 cm³/mol. The van der Waals surface area contributed by atoms with Crippen LogP contribution in [0.1, 0.15) is 18.1 Å². The molecular formula is C10H10FNO2. The van der Waals surface area contributed by atoms with Crippen LogP contribution in [0, 0.1) is 5.82 Å². The zero-order valence-electron chi connectivity index (χ0n) is 7.57. The number of ether oxygens (including phenoxy) is 1. The Hall–Kier alpha value is -1.58. The number of halogens is 1. The maximum atomic E-state index is 13.0. The van der Waals surface area contributed by atoms with Crippen molar-refractivity contribution in [3.63, 3.8) is 0 Å². The first-order valence-corrected chi connectivity index (χ1v) is 4.35. The van der Waals surface area contributed by atoms with Crippen LogP contribution in [-0.4, -0.2) is 13.3 Å². The molecule has 1 aromatic carbocycles. The quantitative estimate of drug-likeness (QED) is 0.535. The van der Waals surface area contributed by atoms with Crippen molar-refractivity contribution in [3.8, 4) is 5.75 Å². The van der Waals surface area contributed by atoms with Crippen LogP contribution in [0.2, 0.25) is 0 Å². The van der Waals surface area contributed by atoms with Crippen LogP contribution in [0.5, 0.6) is 5.75 Å². The molecule has 3 nitrogen and oxygen atoms in total. The summed E-state index contributed by atoms with van der Waals surface area (Å²) in [5.41, 5.74) is 0.698. The molecule has 1 heterocycles.